The lowest BCUT2D eigenvalue weighted by Crippen LogP contribution is -2.06. The van der Waals surface area contributed by atoms with Gasteiger partial charge in [0.1, 0.15) is 6.07 Å². The zero-order valence-corrected chi connectivity index (χ0v) is 16.0. The van der Waals surface area contributed by atoms with E-state index in [9.17, 15) is 4.79 Å². The smallest absolute Gasteiger partial charge is 0.338 e. The highest BCUT2D eigenvalue weighted by molar-refractivity contribution is 6.31. The molecule has 0 N–H and O–H groups in total. The van der Waals surface area contributed by atoms with Crippen molar-refractivity contribution < 1.29 is 9.53 Å². The van der Waals surface area contributed by atoms with Gasteiger partial charge in [0, 0.05) is 17.7 Å². The maximum Gasteiger partial charge on any atom is 0.338 e. The summed E-state index contributed by atoms with van der Waals surface area (Å²) in [6.07, 6.45) is 0.562. The third-order valence-electron chi connectivity index (χ3n) is 4.55. The van der Waals surface area contributed by atoms with Crippen LogP contribution in [0.2, 0.25) is 5.02 Å². The first kappa shape index (κ1) is 18.7. The van der Waals surface area contributed by atoms with E-state index in [0.717, 1.165) is 28.2 Å². The molecule has 0 saturated carbocycles. The minimum atomic E-state index is -0.354. The quantitative estimate of drug-likeness (QED) is 0.630. The van der Waals surface area contributed by atoms with Crippen molar-refractivity contribution >= 4 is 17.6 Å². The number of hydrogen-bond acceptors (Lipinski definition) is 4. The van der Waals surface area contributed by atoms with Crippen LogP contribution >= 0.6 is 11.6 Å². The lowest BCUT2D eigenvalue weighted by Gasteiger charge is -2.09. The summed E-state index contributed by atoms with van der Waals surface area (Å²) in [5.74, 6) is -0.354. The fourth-order valence-electron chi connectivity index (χ4n) is 3.08. The topological polar surface area (TPSA) is 67.9 Å². The third-order valence-corrected chi connectivity index (χ3v) is 4.86. The fourth-order valence-corrected chi connectivity index (χ4v) is 3.30. The average molecular weight is 380 g/mol. The van der Waals surface area contributed by atoms with Gasteiger partial charge in [-0.15, -0.1) is 0 Å². The van der Waals surface area contributed by atoms with Crippen molar-refractivity contribution in [3.05, 3.63) is 81.1 Å². The van der Waals surface area contributed by atoms with Gasteiger partial charge < -0.3 is 4.74 Å². The molecule has 136 valence electrons. The van der Waals surface area contributed by atoms with E-state index in [1.54, 1.807) is 22.9 Å². The van der Waals surface area contributed by atoms with E-state index in [2.05, 4.69) is 11.2 Å². The van der Waals surface area contributed by atoms with Crippen molar-refractivity contribution in [3.63, 3.8) is 0 Å². The van der Waals surface area contributed by atoms with E-state index in [0.29, 0.717) is 22.6 Å². The van der Waals surface area contributed by atoms with Gasteiger partial charge in [-0.2, -0.15) is 10.4 Å². The molecule has 1 heterocycles. The number of nitriles is 1. The van der Waals surface area contributed by atoms with Crippen molar-refractivity contribution in [1.82, 2.24) is 9.78 Å². The Morgan fingerprint density at radius 1 is 1.26 bits per heavy atom. The summed E-state index contributed by atoms with van der Waals surface area (Å²) in [6.45, 7) is 3.91. The van der Waals surface area contributed by atoms with E-state index >= 15 is 0 Å². The number of methoxy groups -OCH3 is 1. The number of hydrogen-bond donors (Lipinski definition) is 0. The molecule has 1 aromatic heterocycles. The van der Waals surface area contributed by atoms with Crippen LogP contribution in [-0.2, 0) is 11.2 Å². The Hall–Kier alpha value is -3.10. The summed E-state index contributed by atoms with van der Waals surface area (Å²) in [5, 5.41) is 14.1. The minimum Gasteiger partial charge on any atom is -0.465 e. The van der Waals surface area contributed by atoms with Crippen LogP contribution in [0.25, 0.3) is 5.69 Å². The van der Waals surface area contributed by atoms with Crippen LogP contribution in [0, 0.1) is 25.2 Å². The number of halogens is 1. The average Bonchev–Trinajstić information content (AvgIpc) is 2.96. The highest BCUT2D eigenvalue weighted by Crippen LogP contribution is 2.25. The number of benzene rings is 2. The Morgan fingerprint density at radius 3 is 2.67 bits per heavy atom. The van der Waals surface area contributed by atoms with Crippen molar-refractivity contribution in [2.75, 3.05) is 7.11 Å². The molecule has 3 aromatic rings. The van der Waals surface area contributed by atoms with Gasteiger partial charge in [0.15, 0.2) is 0 Å². The van der Waals surface area contributed by atoms with Crippen LogP contribution in [0.15, 0.2) is 42.5 Å². The number of carbonyl (C=O) groups is 1. The van der Waals surface area contributed by atoms with Gasteiger partial charge in [-0.3, -0.25) is 0 Å². The van der Waals surface area contributed by atoms with Crippen LogP contribution in [0.4, 0.5) is 0 Å². The summed E-state index contributed by atoms with van der Waals surface area (Å²) in [4.78, 5) is 12.0. The molecule has 0 amide bonds. The first-order chi connectivity index (χ1) is 13.0. The van der Waals surface area contributed by atoms with Crippen LogP contribution in [0.1, 0.15) is 38.4 Å². The Morgan fingerprint density at radius 2 is 2.00 bits per heavy atom. The molecule has 0 aliphatic heterocycles. The molecule has 27 heavy (non-hydrogen) atoms. The van der Waals surface area contributed by atoms with Crippen molar-refractivity contribution in [2.45, 2.75) is 20.3 Å². The van der Waals surface area contributed by atoms with Crippen LogP contribution in [-0.4, -0.2) is 22.9 Å². The van der Waals surface area contributed by atoms with Gasteiger partial charge >= 0.3 is 5.97 Å². The van der Waals surface area contributed by atoms with Gasteiger partial charge in [0.05, 0.1) is 34.6 Å². The van der Waals surface area contributed by atoms with Crippen LogP contribution in [0.5, 0.6) is 0 Å². The van der Waals surface area contributed by atoms with E-state index in [1.165, 1.54) is 7.11 Å². The second-order valence-electron chi connectivity index (χ2n) is 6.16. The molecule has 0 atom stereocenters. The van der Waals surface area contributed by atoms with E-state index in [-0.39, 0.29) is 5.97 Å². The molecular weight excluding hydrogens is 362 g/mol. The molecule has 0 saturated heterocycles. The second kappa shape index (κ2) is 7.65. The Kier molecular flexibility index (Phi) is 5.29. The molecule has 0 radical (unpaired) electrons. The van der Waals surface area contributed by atoms with Crippen molar-refractivity contribution in [1.29, 1.82) is 5.26 Å². The van der Waals surface area contributed by atoms with E-state index < -0.39 is 0 Å². The van der Waals surface area contributed by atoms with E-state index in [4.69, 9.17) is 21.6 Å². The van der Waals surface area contributed by atoms with Crippen LogP contribution < -0.4 is 0 Å². The van der Waals surface area contributed by atoms with Gasteiger partial charge in [-0.25, -0.2) is 9.48 Å². The molecular formula is C21H18ClN3O2. The standard InChI is InChI=1S/C21H18ClN3O2/c1-13-19(10-15-6-4-5-7-18(15)21(26)27-3)14(2)25(24-13)17-9-8-16(12-23)20(22)11-17/h4-9,11H,10H2,1-3H3. The molecule has 5 nitrogen and oxygen atoms in total. The first-order valence-electron chi connectivity index (χ1n) is 8.37. The van der Waals surface area contributed by atoms with Crippen molar-refractivity contribution in [2.24, 2.45) is 0 Å². The minimum absolute atomic E-state index is 0.354. The highest BCUT2D eigenvalue weighted by Gasteiger charge is 2.17. The molecule has 0 aliphatic rings. The SMILES string of the molecule is COC(=O)c1ccccc1Cc1c(C)nn(-c2ccc(C#N)c(Cl)c2)c1C. The summed E-state index contributed by atoms with van der Waals surface area (Å²) in [6, 6.07) is 14.7. The first-order valence-corrected chi connectivity index (χ1v) is 8.75. The van der Waals surface area contributed by atoms with E-state index in [1.807, 2.05) is 38.1 Å². The Bertz CT molecular complexity index is 1060. The molecule has 6 heteroatoms. The molecule has 3 rings (SSSR count). The van der Waals surface area contributed by atoms with Gasteiger partial charge in [0.25, 0.3) is 0 Å². The zero-order valence-electron chi connectivity index (χ0n) is 15.3. The normalized spacial score (nSPS) is 10.5. The second-order valence-corrected chi connectivity index (χ2v) is 6.57. The number of carbonyl (C=O) groups excluding carboxylic acids is 1. The summed E-state index contributed by atoms with van der Waals surface area (Å²) in [7, 11) is 1.38. The number of aromatic nitrogens is 2. The van der Waals surface area contributed by atoms with Crippen molar-refractivity contribution in [3.8, 4) is 11.8 Å². The molecule has 2 aromatic carbocycles. The number of esters is 1. The maximum absolute atomic E-state index is 12.0. The Balaban J connectivity index is 2.02. The predicted molar refractivity (Wildman–Crippen MR) is 103 cm³/mol. The summed E-state index contributed by atoms with van der Waals surface area (Å²) in [5.41, 5.74) is 5.50. The lowest BCUT2D eigenvalue weighted by atomic mass is 9.98. The zero-order chi connectivity index (χ0) is 19.6. The number of nitrogens with zero attached hydrogens (tertiary/aromatic N) is 3. The van der Waals surface area contributed by atoms with Gasteiger partial charge in [-0.1, -0.05) is 29.8 Å². The van der Waals surface area contributed by atoms with Crippen LogP contribution in [0.3, 0.4) is 0 Å². The highest BCUT2D eigenvalue weighted by atomic mass is 35.5. The molecule has 0 fully saturated rings. The monoisotopic (exact) mass is 379 g/mol. The van der Waals surface area contributed by atoms with Gasteiger partial charge in [-0.05, 0) is 43.7 Å². The number of aryl methyl sites for hydroxylation is 1. The van der Waals surface area contributed by atoms with Gasteiger partial charge in [0.2, 0.25) is 0 Å². The fraction of sp³-hybridized carbons (Fsp3) is 0.190. The Labute approximate surface area is 162 Å². The maximum atomic E-state index is 12.0. The lowest BCUT2D eigenvalue weighted by molar-refractivity contribution is 0.0599. The molecule has 0 bridgehead atoms. The summed E-state index contributed by atoms with van der Waals surface area (Å²) >= 11 is 6.16. The molecule has 0 aliphatic carbocycles. The third kappa shape index (κ3) is 3.57. The number of ether oxygens (including phenoxy) is 1. The summed E-state index contributed by atoms with van der Waals surface area (Å²) < 4.78 is 6.69. The molecule has 0 spiro atoms. The predicted octanol–water partition coefficient (Wildman–Crippen LogP) is 4.39. The molecule has 0 unspecified atom stereocenters. The largest absolute Gasteiger partial charge is 0.465 e. The number of rotatable bonds is 4.